The van der Waals surface area contributed by atoms with E-state index in [1.54, 1.807) is 0 Å². The maximum Gasteiger partial charge on any atom is 0.0725 e. The molecule has 1 N–H and O–H groups in total. The number of ether oxygens (including phenoxy) is 1. The molecule has 0 amide bonds. The van der Waals surface area contributed by atoms with Crippen LogP contribution in [0, 0.1) is 5.92 Å². The maximum atomic E-state index is 5.52. The molecule has 0 aliphatic carbocycles. The van der Waals surface area contributed by atoms with Crippen molar-refractivity contribution in [3.63, 3.8) is 0 Å². The molecule has 1 atom stereocenters. The van der Waals surface area contributed by atoms with Gasteiger partial charge in [0.05, 0.1) is 13.2 Å². The molecule has 0 bridgehead atoms. The summed E-state index contributed by atoms with van der Waals surface area (Å²) < 4.78 is 5.52. The van der Waals surface area contributed by atoms with Crippen LogP contribution in [0.3, 0.4) is 0 Å². The van der Waals surface area contributed by atoms with Crippen LogP contribution in [-0.4, -0.2) is 6.54 Å². The lowest BCUT2D eigenvalue weighted by molar-refractivity contribution is 0.134. The molecule has 20 heavy (non-hydrogen) atoms. The summed E-state index contributed by atoms with van der Waals surface area (Å²) in [7, 11) is 0. The van der Waals surface area contributed by atoms with Gasteiger partial charge in [-0.25, -0.2) is 0 Å². The monoisotopic (exact) mass is 275 g/mol. The first-order chi connectivity index (χ1) is 9.70. The fraction of sp³-hybridized carbons (Fsp3) is 0.667. The van der Waals surface area contributed by atoms with Crippen molar-refractivity contribution in [2.24, 2.45) is 5.92 Å². The van der Waals surface area contributed by atoms with Crippen molar-refractivity contribution in [1.29, 1.82) is 0 Å². The molecule has 0 fully saturated rings. The van der Waals surface area contributed by atoms with E-state index < -0.39 is 0 Å². The first-order valence-electron chi connectivity index (χ1n) is 8.13. The van der Waals surface area contributed by atoms with Crippen LogP contribution in [0.25, 0.3) is 0 Å². The van der Waals surface area contributed by atoms with Crippen LogP contribution in [0.4, 0.5) is 0 Å². The second-order valence-corrected chi connectivity index (χ2v) is 6.35. The van der Waals surface area contributed by atoms with E-state index in [4.69, 9.17) is 4.74 Å². The summed E-state index contributed by atoms with van der Waals surface area (Å²) in [6.45, 7) is 9.52. The van der Waals surface area contributed by atoms with Crippen LogP contribution in [0.15, 0.2) is 18.2 Å². The SMILES string of the molecule is CCCNC(CCCC(C)C)c1ccc2c(c1)COC2. The fourth-order valence-corrected chi connectivity index (χ4v) is 2.84. The van der Waals surface area contributed by atoms with Gasteiger partial charge in [-0.3, -0.25) is 0 Å². The largest absolute Gasteiger partial charge is 0.372 e. The van der Waals surface area contributed by atoms with Crippen molar-refractivity contribution in [3.8, 4) is 0 Å². The molecule has 1 unspecified atom stereocenters. The lowest BCUT2D eigenvalue weighted by atomic mass is 9.95. The minimum atomic E-state index is 0.500. The Labute approximate surface area is 123 Å². The molecule has 2 heteroatoms. The normalized spacial score (nSPS) is 15.6. The van der Waals surface area contributed by atoms with Crippen LogP contribution >= 0.6 is 0 Å². The summed E-state index contributed by atoms with van der Waals surface area (Å²) in [5.74, 6) is 0.801. The molecule has 0 radical (unpaired) electrons. The fourth-order valence-electron chi connectivity index (χ4n) is 2.84. The molecule has 0 spiro atoms. The molecule has 1 aromatic rings. The van der Waals surface area contributed by atoms with Crippen molar-refractivity contribution >= 4 is 0 Å². The van der Waals surface area contributed by atoms with Crippen molar-refractivity contribution < 1.29 is 4.74 Å². The summed E-state index contributed by atoms with van der Waals surface area (Å²) in [4.78, 5) is 0. The zero-order valence-corrected chi connectivity index (χ0v) is 13.2. The Kier molecular flexibility index (Phi) is 6.06. The van der Waals surface area contributed by atoms with Crippen LogP contribution in [0.2, 0.25) is 0 Å². The molecule has 0 aromatic heterocycles. The maximum absolute atomic E-state index is 5.52. The summed E-state index contributed by atoms with van der Waals surface area (Å²) >= 11 is 0. The Morgan fingerprint density at radius 3 is 2.70 bits per heavy atom. The van der Waals surface area contributed by atoms with Crippen molar-refractivity contribution in [1.82, 2.24) is 5.32 Å². The van der Waals surface area contributed by atoms with Gasteiger partial charge in [-0.1, -0.05) is 51.8 Å². The van der Waals surface area contributed by atoms with Gasteiger partial charge in [0.25, 0.3) is 0 Å². The zero-order valence-electron chi connectivity index (χ0n) is 13.2. The quantitative estimate of drug-likeness (QED) is 0.749. The number of hydrogen-bond acceptors (Lipinski definition) is 2. The minimum Gasteiger partial charge on any atom is -0.372 e. The van der Waals surface area contributed by atoms with E-state index in [9.17, 15) is 0 Å². The van der Waals surface area contributed by atoms with Crippen LogP contribution < -0.4 is 5.32 Å². The highest BCUT2D eigenvalue weighted by Crippen LogP contribution is 2.27. The molecular formula is C18H29NO. The van der Waals surface area contributed by atoms with Crippen molar-refractivity contribution in [2.45, 2.75) is 65.7 Å². The number of rotatable bonds is 8. The molecule has 2 nitrogen and oxygen atoms in total. The Morgan fingerprint density at radius 1 is 1.15 bits per heavy atom. The van der Waals surface area contributed by atoms with E-state index in [0.29, 0.717) is 6.04 Å². The van der Waals surface area contributed by atoms with E-state index in [0.717, 1.165) is 25.7 Å². The number of fused-ring (bicyclic) bond motifs is 1. The van der Waals surface area contributed by atoms with Crippen LogP contribution in [-0.2, 0) is 18.0 Å². The average molecular weight is 275 g/mol. The molecule has 1 aliphatic heterocycles. The zero-order chi connectivity index (χ0) is 14.4. The molecule has 1 aromatic carbocycles. The summed E-state index contributed by atoms with van der Waals surface area (Å²) in [5.41, 5.74) is 4.19. The van der Waals surface area contributed by atoms with Gasteiger partial charge in [-0.2, -0.15) is 0 Å². The summed E-state index contributed by atoms with van der Waals surface area (Å²) in [5, 5.41) is 3.71. The predicted octanol–water partition coefficient (Wildman–Crippen LogP) is 4.58. The topological polar surface area (TPSA) is 21.3 Å². The third kappa shape index (κ3) is 4.32. The molecule has 112 valence electrons. The van der Waals surface area contributed by atoms with Gasteiger partial charge in [0.1, 0.15) is 0 Å². The van der Waals surface area contributed by atoms with E-state index >= 15 is 0 Å². The third-order valence-corrected chi connectivity index (χ3v) is 4.06. The molecular weight excluding hydrogens is 246 g/mol. The third-order valence-electron chi connectivity index (χ3n) is 4.06. The first-order valence-corrected chi connectivity index (χ1v) is 8.13. The summed E-state index contributed by atoms with van der Waals surface area (Å²) in [6, 6.07) is 7.39. The molecule has 1 heterocycles. The van der Waals surface area contributed by atoms with Gasteiger partial charge >= 0.3 is 0 Å². The first kappa shape index (κ1) is 15.5. The van der Waals surface area contributed by atoms with Crippen molar-refractivity contribution in [2.75, 3.05) is 6.54 Å². The second kappa shape index (κ2) is 7.80. The van der Waals surface area contributed by atoms with E-state index in [1.165, 1.54) is 42.4 Å². The number of nitrogens with one attached hydrogen (secondary N) is 1. The summed E-state index contributed by atoms with van der Waals surface area (Å²) in [6.07, 6.45) is 5.04. The highest BCUT2D eigenvalue weighted by atomic mass is 16.5. The van der Waals surface area contributed by atoms with Gasteiger partial charge in [-0.05, 0) is 42.0 Å². The highest BCUT2D eigenvalue weighted by Gasteiger charge is 2.16. The van der Waals surface area contributed by atoms with Gasteiger partial charge in [-0.15, -0.1) is 0 Å². The van der Waals surface area contributed by atoms with E-state index in [-0.39, 0.29) is 0 Å². The lowest BCUT2D eigenvalue weighted by Gasteiger charge is -2.20. The molecule has 1 aliphatic rings. The molecule has 0 saturated heterocycles. The average Bonchev–Trinajstić information content (AvgIpc) is 2.89. The van der Waals surface area contributed by atoms with Gasteiger partial charge < -0.3 is 10.1 Å². The Morgan fingerprint density at radius 2 is 1.95 bits per heavy atom. The van der Waals surface area contributed by atoms with Crippen LogP contribution in [0.5, 0.6) is 0 Å². The second-order valence-electron chi connectivity index (χ2n) is 6.35. The highest BCUT2D eigenvalue weighted by molar-refractivity contribution is 5.34. The molecule has 2 rings (SSSR count). The van der Waals surface area contributed by atoms with Gasteiger partial charge in [0, 0.05) is 6.04 Å². The Hall–Kier alpha value is -0.860. The standard InChI is InChI=1S/C18H29NO/c1-4-10-19-18(7-5-6-14(2)3)15-8-9-16-12-20-13-17(16)11-15/h8-9,11,14,18-19H,4-7,10,12-13H2,1-3H3. The molecule has 0 saturated carbocycles. The van der Waals surface area contributed by atoms with Gasteiger partial charge in [0.2, 0.25) is 0 Å². The van der Waals surface area contributed by atoms with Crippen molar-refractivity contribution in [3.05, 3.63) is 34.9 Å². The predicted molar refractivity (Wildman–Crippen MR) is 84.7 cm³/mol. The minimum absolute atomic E-state index is 0.500. The van der Waals surface area contributed by atoms with Crippen LogP contribution in [0.1, 0.15) is 69.2 Å². The lowest BCUT2D eigenvalue weighted by Crippen LogP contribution is -2.22. The number of hydrogen-bond donors (Lipinski definition) is 1. The Balaban J connectivity index is 2.01. The Bertz CT molecular complexity index is 414. The van der Waals surface area contributed by atoms with E-state index in [2.05, 4.69) is 44.3 Å². The van der Waals surface area contributed by atoms with E-state index in [1.807, 2.05) is 0 Å². The number of benzene rings is 1. The van der Waals surface area contributed by atoms with Gasteiger partial charge in [0.15, 0.2) is 0 Å². The smallest absolute Gasteiger partial charge is 0.0725 e.